The van der Waals surface area contributed by atoms with Crippen LogP contribution in [0.4, 0.5) is 0 Å². The molecule has 1 aliphatic rings. The van der Waals surface area contributed by atoms with Gasteiger partial charge in [0, 0.05) is 44.7 Å². The molecule has 0 spiro atoms. The van der Waals surface area contributed by atoms with Crippen molar-refractivity contribution in [3.8, 4) is 0 Å². The summed E-state index contributed by atoms with van der Waals surface area (Å²) < 4.78 is 0. The minimum Gasteiger partial charge on any atom is -0.340 e. The van der Waals surface area contributed by atoms with Crippen LogP contribution in [0, 0.1) is 0 Å². The Morgan fingerprint density at radius 3 is 2.19 bits per heavy atom. The van der Waals surface area contributed by atoms with Gasteiger partial charge in [0.15, 0.2) is 0 Å². The third kappa shape index (κ3) is 5.81. The van der Waals surface area contributed by atoms with E-state index in [1.165, 1.54) is 5.56 Å². The summed E-state index contributed by atoms with van der Waals surface area (Å²) in [5.74, 6) is -0.228. The summed E-state index contributed by atoms with van der Waals surface area (Å²) in [6.07, 6.45) is 0.480. The first-order valence-corrected chi connectivity index (χ1v) is 11.6. The minimum absolute atomic E-state index is 0.0108. The molecule has 1 N–H and O–H groups in total. The number of piperazine rings is 1. The van der Waals surface area contributed by atoms with Gasteiger partial charge >= 0.3 is 0 Å². The van der Waals surface area contributed by atoms with Gasteiger partial charge < -0.3 is 10.2 Å². The van der Waals surface area contributed by atoms with Crippen LogP contribution >= 0.6 is 11.3 Å². The van der Waals surface area contributed by atoms with Crippen molar-refractivity contribution in [3.63, 3.8) is 0 Å². The van der Waals surface area contributed by atoms with Crippen LogP contribution in [0.25, 0.3) is 0 Å². The number of carbonyl (C=O) groups is 2. The van der Waals surface area contributed by atoms with E-state index < -0.39 is 6.04 Å². The molecule has 31 heavy (non-hydrogen) atoms. The molecule has 2 heterocycles. The lowest BCUT2D eigenvalue weighted by Crippen LogP contribution is -2.55. The van der Waals surface area contributed by atoms with Crippen molar-refractivity contribution in [1.29, 1.82) is 0 Å². The maximum Gasteiger partial charge on any atom is 0.251 e. The fraction of sp³-hybridized carbons (Fsp3) is 0.280. The number of nitrogens with one attached hydrogen (secondary N) is 1. The van der Waals surface area contributed by atoms with Crippen LogP contribution in [-0.4, -0.2) is 53.8 Å². The molecule has 0 aliphatic carbocycles. The van der Waals surface area contributed by atoms with E-state index in [9.17, 15) is 9.59 Å². The van der Waals surface area contributed by atoms with Crippen molar-refractivity contribution in [1.82, 2.24) is 15.1 Å². The van der Waals surface area contributed by atoms with Crippen molar-refractivity contribution >= 4 is 23.2 Å². The number of nitrogens with zero attached hydrogens (tertiary/aromatic N) is 2. The largest absolute Gasteiger partial charge is 0.340 e. The third-order valence-corrected chi connectivity index (χ3v) is 6.32. The van der Waals surface area contributed by atoms with Gasteiger partial charge in [-0.05, 0) is 40.1 Å². The van der Waals surface area contributed by atoms with Crippen molar-refractivity contribution in [2.75, 3.05) is 26.2 Å². The Kier molecular flexibility index (Phi) is 7.12. The summed E-state index contributed by atoms with van der Waals surface area (Å²) in [5, 5.41) is 7.25. The van der Waals surface area contributed by atoms with Crippen LogP contribution in [0.5, 0.6) is 0 Å². The number of benzene rings is 2. The zero-order chi connectivity index (χ0) is 21.5. The molecule has 6 heteroatoms. The van der Waals surface area contributed by atoms with Crippen molar-refractivity contribution in [2.45, 2.75) is 19.0 Å². The highest BCUT2D eigenvalue weighted by Gasteiger charge is 2.29. The second-order valence-corrected chi connectivity index (χ2v) is 8.59. The summed E-state index contributed by atoms with van der Waals surface area (Å²) in [7, 11) is 0. The Bertz CT molecular complexity index is 969. The van der Waals surface area contributed by atoms with Crippen LogP contribution in [0.2, 0.25) is 0 Å². The molecule has 1 aromatic heterocycles. The van der Waals surface area contributed by atoms with Crippen LogP contribution in [-0.2, 0) is 17.8 Å². The Labute approximate surface area is 187 Å². The van der Waals surface area contributed by atoms with E-state index in [4.69, 9.17) is 0 Å². The van der Waals surface area contributed by atoms with E-state index in [1.54, 1.807) is 23.5 Å². The predicted molar refractivity (Wildman–Crippen MR) is 124 cm³/mol. The van der Waals surface area contributed by atoms with Gasteiger partial charge in [0.25, 0.3) is 5.91 Å². The monoisotopic (exact) mass is 433 g/mol. The van der Waals surface area contributed by atoms with Gasteiger partial charge in [0.05, 0.1) is 0 Å². The van der Waals surface area contributed by atoms with Gasteiger partial charge in [-0.15, -0.1) is 0 Å². The fourth-order valence-electron chi connectivity index (χ4n) is 3.87. The summed E-state index contributed by atoms with van der Waals surface area (Å²) in [4.78, 5) is 30.4. The van der Waals surface area contributed by atoms with Gasteiger partial charge in [-0.3, -0.25) is 14.5 Å². The highest BCUT2D eigenvalue weighted by atomic mass is 32.1. The molecule has 160 valence electrons. The molecule has 0 saturated carbocycles. The van der Waals surface area contributed by atoms with Gasteiger partial charge in [0.1, 0.15) is 6.04 Å². The van der Waals surface area contributed by atoms with Crippen LogP contribution < -0.4 is 5.32 Å². The Hall–Kier alpha value is -2.96. The molecule has 1 atom stereocenters. The van der Waals surface area contributed by atoms with Crippen molar-refractivity contribution in [3.05, 3.63) is 94.2 Å². The quantitative estimate of drug-likeness (QED) is 0.621. The highest BCUT2D eigenvalue weighted by Crippen LogP contribution is 2.14. The maximum absolute atomic E-state index is 13.4. The van der Waals surface area contributed by atoms with E-state index in [2.05, 4.69) is 27.0 Å². The molecule has 1 fully saturated rings. The summed E-state index contributed by atoms with van der Waals surface area (Å²) in [5.41, 5.74) is 2.92. The first-order chi connectivity index (χ1) is 15.2. The van der Waals surface area contributed by atoms with Crippen LogP contribution in [0.1, 0.15) is 21.5 Å². The number of rotatable bonds is 7. The maximum atomic E-state index is 13.4. The smallest absolute Gasteiger partial charge is 0.251 e. The molecule has 1 unspecified atom stereocenters. The average molecular weight is 434 g/mol. The molecule has 0 radical (unpaired) electrons. The molecule has 2 amide bonds. The lowest BCUT2D eigenvalue weighted by atomic mass is 10.0. The van der Waals surface area contributed by atoms with Crippen molar-refractivity contribution in [2.24, 2.45) is 0 Å². The zero-order valence-electron chi connectivity index (χ0n) is 17.4. The van der Waals surface area contributed by atoms with E-state index >= 15 is 0 Å². The fourth-order valence-corrected chi connectivity index (χ4v) is 4.53. The summed E-state index contributed by atoms with van der Waals surface area (Å²) in [6.45, 7) is 3.95. The summed E-state index contributed by atoms with van der Waals surface area (Å²) in [6, 6.07) is 20.5. The molecular weight excluding hydrogens is 406 g/mol. The van der Waals surface area contributed by atoms with Gasteiger partial charge in [-0.25, -0.2) is 0 Å². The molecule has 4 rings (SSSR count). The first kappa shape index (κ1) is 21.3. The molecule has 2 aromatic carbocycles. The summed E-state index contributed by atoms with van der Waals surface area (Å²) >= 11 is 1.71. The number of carbonyl (C=O) groups excluding carboxylic acids is 2. The molecule has 5 nitrogen and oxygen atoms in total. The third-order valence-electron chi connectivity index (χ3n) is 5.59. The Morgan fingerprint density at radius 1 is 0.871 bits per heavy atom. The normalized spacial score (nSPS) is 15.4. The van der Waals surface area contributed by atoms with E-state index in [-0.39, 0.29) is 11.8 Å². The second-order valence-electron chi connectivity index (χ2n) is 7.81. The number of hydrogen-bond donors (Lipinski definition) is 1. The Morgan fingerprint density at radius 2 is 1.55 bits per heavy atom. The van der Waals surface area contributed by atoms with E-state index in [0.29, 0.717) is 25.1 Å². The number of thiophene rings is 1. The van der Waals surface area contributed by atoms with Gasteiger partial charge in [-0.1, -0.05) is 48.5 Å². The Balaban J connectivity index is 1.41. The lowest BCUT2D eigenvalue weighted by Gasteiger charge is -2.36. The molecule has 1 saturated heterocycles. The van der Waals surface area contributed by atoms with Gasteiger partial charge in [0.2, 0.25) is 5.91 Å². The first-order valence-electron chi connectivity index (χ1n) is 10.6. The number of hydrogen-bond acceptors (Lipinski definition) is 4. The van der Waals surface area contributed by atoms with Crippen LogP contribution in [0.15, 0.2) is 77.5 Å². The van der Waals surface area contributed by atoms with Crippen LogP contribution in [0.3, 0.4) is 0 Å². The molecule has 1 aliphatic heterocycles. The topological polar surface area (TPSA) is 52.7 Å². The zero-order valence-corrected chi connectivity index (χ0v) is 18.3. The van der Waals surface area contributed by atoms with E-state index in [1.807, 2.05) is 53.4 Å². The number of amides is 2. The standard InChI is InChI=1S/C25H27N3O2S/c29-24(22-9-5-2-6-10-22)26-23(17-20-7-3-1-4-8-20)25(30)28-14-12-27(13-15-28)18-21-11-16-31-19-21/h1-11,16,19,23H,12-15,17-18H2,(H,26,29). The minimum atomic E-state index is -0.585. The highest BCUT2D eigenvalue weighted by molar-refractivity contribution is 7.07. The average Bonchev–Trinajstić information content (AvgIpc) is 3.33. The molecule has 0 bridgehead atoms. The predicted octanol–water partition coefficient (Wildman–Crippen LogP) is 3.43. The van der Waals surface area contributed by atoms with Crippen molar-refractivity contribution < 1.29 is 9.59 Å². The SMILES string of the molecule is O=C(NC(Cc1ccccc1)C(=O)N1CCN(Cc2ccsc2)CC1)c1ccccc1. The molecule has 3 aromatic rings. The lowest BCUT2D eigenvalue weighted by molar-refractivity contribution is -0.135. The van der Waals surface area contributed by atoms with E-state index in [0.717, 1.165) is 25.2 Å². The molecular formula is C25H27N3O2S. The second kappa shape index (κ2) is 10.4. The van der Waals surface area contributed by atoms with Gasteiger partial charge in [-0.2, -0.15) is 11.3 Å².